The minimum Gasteiger partial charge on any atom is -0.398 e. The molecule has 0 aliphatic heterocycles. The largest absolute Gasteiger partial charge is 0.398 e. The summed E-state index contributed by atoms with van der Waals surface area (Å²) < 4.78 is 0. The molecule has 4 heteroatoms. The maximum Gasteiger partial charge on any atom is 0.230 e. The first-order valence-corrected chi connectivity index (χ1v) is 6.79. The minimum absolute atomic E-state index is 0.0604. The normalized spacial score (nSPS) is 12.2. The van der Waals surface area contributed by atoms with Crippen molar-refractivity contribution in [2.45, 2.75) is 38.1 Å². The van der Waals surface area contributed by atoms with Crippen molar-refractivity contribution in [1.29, 1.82) is 0 Å². The van der Waals surface area contributed by atoms with Crippen LogP contribution in [0.3, 0.4) is 0 Å². The topological polar surface area (TPSA) is 55.1 Å². The SMILES string of the molecule is CCC(C)NC(=O)CSc1cc(C)ccc1N. The van der Waals surface area contributed by atoms with Gasteiger partial charge in [0.15, 0.2) is 0 Å². The standard InChI is InChI=1S/C13H20N2OS/c1-4-10(3)15-13(16)8-17-12-7-9(2)5-6-11(12)14/h5-7,10H,4,8,14H2,1-3H3,(H,15,16). The minimum atomic E-state index is 0.0604. The molecule has 1 amide bonds. The maximum absolute atomic E-state index is 11.6. The Morgan fingerprint density at radius 3 is 2.88 bits per heavy atom. The third-order valence-corrected chi connectivity index (χ3v) is 3.62. The van der Waals surface area contributed by atoms with Gasteiger partial charge in [-0.2, -0.15) is 0 Å². The van der Waals surface area contributed by atoms with E-state index in [0.29, 0.717) is 5.75 Å². The molecule has 94 valence electrons. The fourth-order valence-electron chi connectivity index (χ4n) is 1.33. The highest BCUT2D eigenvalue weighted by molar-refractivity contribution is 8.00. The Hall–Kier alpha value is -1.16. The zero-order valence-electron chi connectivity index (χ0n) is 10.6. The average Bonchev–Trinajstić information content (AvgIpc) is 2.30. The predicted molar refractivity (Wildman–Crippen MR) is 74.2 cm³/mol. The zero-order valence-corrected chi connectivity index (χ0v) is 11.4. The van der Waals surface area contributed by atoms with Gasteiger partial charge < -0.3 is 11.1 Å². The van der Waals surface area contributed by atoms with Gasteiger partial charge in [0.1, 0.15) is 0 Å². The van der Waals surface area contributed by atoms with Crippen LogP contribution < -0.4 is 11.1 Å². The van der Waals surface area contributed by atoms with Crippen LogP contribution in [0.2, 0.25) is 0 Å². The molecule has 1 unspecified atom stereocenters. The van der Waals surface area contributed by atoms with Crippen LogP contribution in [0.1, 0.15) is 25.8 Å². The van der Waals surface area contributed by atoms with Crippen molar-refractivity contribution in [3.05, 3.63) is 23.8 Å². The summed E-state index contributed by atoms with van der Waals surface area (Å²) in [5.41, 5.74) is 7.74. The highest BCUT2D eigenvalue weighted by Crippen LogP contribution is 2.25. The summed E-state index contributed by atoms with van der Waals surface area (Å²) in [5, 5.41) is 2.93. The summed E-state index contributed by atoms with van der Waals surface area (Å²) in [4.78, 5) is 12.6. The molecule has 0 saturated heterocycles. The number of aryl methyl sites for hydroxylation is 1. The molecule has 0 bridgehead atoms. The van der Waals surface area contributed by atoms with E-state index in [1.54, 1.807) is 0 Å². The van der Waals surface area contributed by atoms with Crippen LogP contribution in [0.25, 0.3) is 0 Å². The van der Waals surface area contributed by atoms with Crippen molar-refractivity contribution < 1.29 is 4.79 Å². The van der Waals surface area contributed by atoms with Gasteiger partial charge in [-0.3, -0.25) is 4.79 Å². The number of anilines is 1. The van der Waals surface area contributed by atoms with E-state index in [1.807, 2.05) is 32.0 Å². The first kappa shape index (κ1) is 13.9. The summed E-state index contributed by atoms with van der Waals surface area (Å²) in [6.45, 7) is 6.07. The quantitative estimate of drug-likeness (QED) is 0.625. The zero-order chi connectivity index (χ0) is 12.8. The number of carbonyl (C=O) groups is 1. The Labute approximate surface area is 107 Å². The summed E-state index contributed by atoms with van der Waals surface area (Å²) in [7, 11) is 0. The molecule has 3 N–H and O–H groups in total. The predicted octanol–water partition coefficient (Wildman–Crippen LogP) is 2.58. The summed E-state index contributed by atoms with van der Waals surface area (Å²) >= 11 is 1.48. The highest BCUT2D eigenvalue weighted by atomic mass is 32.2. The van der Waals surface area contributed by atoms with Gasteiger partial charge in [0, 0.05) is 16.6 Å². The van der Waals surface area contributed by atoms with Crippen LogP contribution in [0.5, 0.6) is 0 Å². The second kappa shape index (κ2) is 6.55. The Kier molecular flexibility index (Phi) is 5.35. The molecule has 17 heavy (non-hydrogen) atoms. The number of nitrogens with one attached hydrogen (secondary N) is 1. The molecule has 1 aromatic rings. The molecule has 1 atom stereocenters. The van der Waals surface area contributed by atoms with Gasteiger partial charge >= 0.3 is 0 Å². The molecule has 0 fully saturated rings. The van der Waals surface area contributed by atoms with Gasteiger partial charge in [-0.15, -0.1) is 11.8 Å². The summed E-state index contributed by atoms with van der Waals surface area (Å²) in [6.07, 6.45) is 0.947. The van der Waals surface area contributed by atoms with Crippen LogP contribution in [0, 0.1) is 6.92 Å². The van der Waals surface area contributed by atoms with E-state index in [1.165, 1.54) is 11.8 Å². The van der Waals surface area contributed by atoms with Gasteiger partial charge in [0.25, 0.3) is 0 Å². The fraction of sp³-hybridized carbons (Fsp3) is 0.462. The number of hydrogen-bond donors (Lipinski definition) is 2. The van der Waals surface area contributed by atoms with E-state index in [-0.39, 0.29) is 11.9 Å². The van der Waals surface area contributed by atoms with Crippen LogP contribution >= 0.6 is 11.8 Å². The second-order valence-electron chi connectivity index (χ2n) is 4.21. The van der Waals surface area contributed by atoms with Gasteiger partial charge in [-0.25, -0.2) is 0 Å². The van der Waals surface area contributed by atoms with Crippen molar-refractivity contribution in [2.24, 2.45) is 0 Å². The first-order chi connectivity index (χ1) is 8.02. The fourth-order valence-corrected chi connectivity index (χ4v) is 2.20. The molecular formula is C13H20N2OS. The Morgan fingerprint density at radius 1 is 1.53 bits per heavy atom. The monoisotopic (exact) mass is 252 g/mol. The number of benzene rings is 1. The third kappa shape index (κ3) is 4.69. The van der Waals surface area contributed by atoms with Crippen LogP contribution in [0.4, 0.5) is 5.69 Å². The Balaban J connectivity index is 2.50. The number of thioether (sulfide) groups is 1. The number of nitrogens with two attached hydrogens (primary N) is 1. The smallest absolute Gasteiger partial charge is 0.230 e. The molecule has 1 rings (SSSR count). The van der Waals surface area contributed by atoms with E-state index in [4.69, 9.17) is 5.73 Å². The number of nitrogen functional groups attached to an aromatic ring is 1. The molecule has 3 nitrogen and oxygen atoms in total. The van der Waals surface area contributed by atoms with Gasteiger partial charge in [-0.1, -0.05) is 13.0 Å². The van der Waals surface area contributed by atoms with E-state index >= 15 is 0 Å². The lowest BCUT2D eigenvalue weighted by Crippen LogP contribution is -2.33. The van der Waals surface area contributed by atoms with Gasteiger partial charge in [-0.05, 0) is 38.0 Å². The maximum atomic E-state index is 11.6. The van der Waals surface area contributed by atoms with E-state index in [2.05, 4.69) is 12.2 Å². The first-order valence-electron chi connectivity index (χ1n) is 5.81. The number of amides is 1. The second-order valence-corrected chi connectivity index (χ2v) is 5.22. The van der Waals surface area contributed by atoms with Crippen molar-refractivity contribution in [1.82, 2.24) is 5.32 Å². The highest BCUT2D eigenvalue weighted by Gasteiger charge is 2.07. The van der Waals surface area contributed by atoms with E-state index < -0.39 is 0 Å². The number of rotatable bonds is 5. The van der Waals surface area contributed by atoms with Crippen molar-refractivity contribution in [2.75, 3.05) is 11.5 Å². The molecule has 0 heterocycles. The van der Waals surface area contributed by atoms with Crippen LogP contribution in [-0.2, 0) is 4.79 Å². The summed E-state index contributed by atoms with van der Waals surface area (Å²) in [5.74, 6) is 0.475. The molecule has 0 aromatic heterocycles. The lowest BCUT2D eigenvalue weighted by atomic mass is 10.2. The molecule has 0 aliphatic rings. The van der Waals surface area contributed by atoms with Crippen molar-refractivity contribution in [3.63, 3.8) is 0 Å². The van der Waals surface area contributed by atoms with Gasteiger partial charge in [0.05, 0.1) is 5.75 Å². The Morgan fingerprint density at radius 2 is 2.24 bits per heavy atom. The summed E-state index contributed by atoms with van der Waals surface area (Å²) in [6, 6.07) is 6.09. The lowest BCUT2D eigenvalue weighted by molar-refractivity contribution is -0.119. The van der Waals surface area contributed by atoms with Crippen LogP contribution in [0.15, 0.2) is 23.1 Å². The lowest BCUT2D eigenvalue weighted by Gasteiger charge is -2.11. The Bertz CT molecular complexity index is 393. The molecule has 0 radical (unpaired) electrons. The molecule has 1 aromatic carbocycles. The molecule has 0 spiro atoms. The molecular weight excluding hydrogens is 232 g/mol. The number of hydrogen-bond acceptors (Lipinski definition) is 3. The van der Waals surface area contributed by atoms with Crippen LogP contribution in [-0.4, -0.2) is 17.7 Å². The average molecular weight is 252 g/mol. The van der Waals surface area contributed by atoms with Crippen molar-refractivity contribution >= 4 is 23.4 Å². The van der Waals surface area contributed by atoms with Crippen molar-refractivity contribution in [3.8, 4) is 0 Å². The number of carbonyl (C=O) groups excluding carboxylic acids is 1. The third-order valence-electron chi connectivity index (χ3n) is 2.55. The molecule has 0 saturated carbocycles. The van der Waals surface area contributed by atoms with E-state index in [9.17, 15) is 4.79 Å². The van der Waals surface area contributed by atoms with Gasteiger partial charge in [0.2, 0.25) is 5.91 Å². The van der Waals surface area contributed by atoms with E-state index in [0.717, 1.165) is 22.6 Å². The molecule has 0 aliphatic carbocycles.